The van der Waals surface area contributed by atoms with Gasteiger partial charge in [0.15, 0.2) is 0 Å². The summed E-state index contributed by atoms with van der Waals surface area (Å²) in [7, 11) is 0. The average molecular weight is 244 g/mol. The van der Waals surface area contributed by atoms with Gasteiger partial charge in [0.05, 0.1) is 0 Å². The second-order valence-electron chi connectivity index (χ2n) is 5.69. The minimum atomic E-state index is 0.788. The first-order valence-electron chi connectivity index (χ1n) is 7.44. The largest absolute Gasteiger partial charge is 0.314 e. The standard InChI is InChI=1S/C16H24N2/c1-2-5-15-8-12-18(11-7-14(15)4-1)13-9-16-6-3-10-17-16/h1-2,4-5,16-17H,3,6-13H2. The summed E-state index contributed by atoms with van der Waals surface area (Å²) in [5.41, 5.74) is 3.14. The van der Waals surface area contributed by atoms with Gasteiger partial charge >= 0.3 is 0 Å². The van der Waals surface area contributed by atoms with Crippen molar-refractivity contribution < 1.29 is 0 Å². The Kier molecular flexibility index (Phi) is 3.96. The SMILES string of the molecule is c1ccc2c(c1)CCN(CCC1CCCN1)CC2. The normalized spacial score (nSPS) is 24.8. The lowest BCUT2D eigenvalue weighted by Gasteiger charge is -2.21. The molecule has 0 aromatic heterocycles. The minimum Gasteiger partial charge on any atom is -0.314 e. The quantitative estimate of drug-likeness (QED) is 0.877. The van der Waals surface area contributed by atoms with E-state index in [0.717, 1.165) is 6.04 Å². The van der Waals surface area contributed by atoms with Crippen molar-refractivity contribution in [3.05, 3.63) is 35.4 Å². The number of nitrogens with zero attached hydrogens (tertiary/aromatic N) is 1. The highest BCUT2D eigenvalue weighted by Crippen LogP contribution is 2.16. The maximum Gasteiger partial charge on any atom is 0.00797 e. The fourth-order valence-corrected chi connectivity index (χ4v) is 3.28. The maximum absolute atomic E-state index is 3.60. The van der Waals surface area contributed by atoms with Crippen LogP contribution in [0.5, 0.6) is 0 Å². The zero-order valence-electron chi connectivity index (χ0n) is 11.2. The monoisotopic (exact) mass is 244 g/mol. The fourth-order valence-electron chi connectivity index (χ4n) is 3.28. The summed E-state index contributed by atoms with van der Waals surface area (Å²) < 4.78 is 0. The predicted octanol–water partition coefficient (Wildman–Crippen LogP) is 2.23. The summed E-state index contributed by atoms with van der Waals surface area (Å²) in [6.07, 6.45) is 6.54. The molecule has 0 amide bonds. The lowest BCUT2D eigenvalue weighted by atomic mass is 10.0. The van der Waals surface area contributed by atoms with Crippen LogP contribution in [0.25, 0.3) is 0 Å². The molecular formula is C16H24N2. The van der Waals surface area contributed by atoms with Crippen LogP contribution >= 0.6 is 0 Å². The van der Waals surface area contributed by atoms with Crippen molar-refractivity contribution in [3.8, 4) is 0 Å². The van der Waals surface area contributed by atoms with E-state index in [4.69, 9.17) is 0 Å². The summed E-state index contributed by atoms with van der Waals surface area (Å²) in [6.45, 7) is 4.98. The molecule has 0 radical (unpaired) electrons. The lowest BCUT2D eigenvalue weighted by Crippen LogP contribution is -2.32. The first-order chi connectivity index (χ1) is 8.92. The predicted molar refractivity (Wildman–Crippen MR) is 75.9 cm³/mol. The molecule has 2 aliphatic heterocycles. The van der Waals surface area contributed by atoms with Gasteiger partial charge < -0.3 is 10.2 Å². The second kappa shape index (κ2) is 5.85. The smallest absolute Gasteiger partial charge is 0.00797 e. The molecule has 18 heavy (non-hydrogen) atoms. The Morgan fingerprint density at radius 2 is 1.83 bits per heavy atom. The molecule has 0 bridgehead atoms. The molecule has 1 aromatic rings. The van der Waals surface area contributed by atoms with E-state index in [1.807, 2.05) is 0 Å². The molecule has 2 heterocycles. The van der Waals surface area contributed by atoms with Crippen molar-refractivity contribution >= 4 is 0 Å². The van der Waals surface area contributed by atoms with Gasteiger partial charge in [0, 0.05) is 19.1 Å². The second-order valence-corrected chi connectivity index (χ2v) is 5.69. The van der Waals surface area contributed by atoms with Crippen LogP contribution in [0.2, 0.25) is 0 Å². The summed E-state index contributed by atoms with van der Waals surface area (Å²) >= 11 is 0. The van der Waals surface area contributed by atoms with Crippen LogP contribution in [0.4, 0.5) is 0 Å². The van der Waals surface area contributed by atoms with Gasteiger partial charge in [-0.05, 0) is 56.3 Å². The number of hydrogen-bond donors (Lipinski definition) is 1. The minimum absolute atomic E-state index is 0.788. The van der Waals surface area contributed by atoms with Gasteiger partial charge in [-0.2, -0.15) is 0 Å². The van der Waals surface area contributed by atoms with Crippen molar-refractivity contribution in [2.24, 2.45) is 0 Å². The van der Waals surface area contributed by atoms with E-state index in [9.17, 15) is 0 Å². The number of benzene rings is 1. The van der Waals surface area contributed by atoms with Crippen molar-refractivity contribution in [2.45, 2.75) is 38.1 Å². The Morgan fingerprint density at radius 3 is 2.44 bits per heavy atom. The van der Waals surface area contributed by atoms with Crippen LogP contribution in [0.1, 0.15) is 30.4 Å². The van der Waals surface area contributed by atoms with Gasteiger partial charge in [-0.3, -0.25) is 0 Å². The van der Waals surface area contributed by atoms with Crippen molar-refractivity contribution in [1.29, 1.82) is 0 Å². The molecule has 0 spiro atoms. The zero-order chi connectivity index (χ0) is 12.2. The average Bonchev–Trinajstić information content (AvgIpc) is 2.84. The molecule has 1 unspecified atom stereocenters. The van der Waals surface area contributed by atoms with Crippen LogP contribution in [0.3, 0.4) is 0 Å². The molecule has 2 aliphatic rings. The van der Waals surface area contributed by atoms with Crippen LogP contribution in [0, 0.1) is 0 Å². The van der Waals surface area contributed by atoms with E-state index in [-0.39, 0.29) is 0 Å². The summed E-state index contributed by atoms with van der Waals surface area (Å²) in [6, 6.07) is 9.75. The number of rotatable bonds is 3. The molecule has 1 fully saturated rings. The molecular weight excluding hydrogens is 220 g/mol. The zero-order valence-corrected chi connectivity index (χ0v) is 11.2. The Hall–Kier alpha value is -0.860. The molecule has 0 aliphatic carbocycles. The van der Waals surface area contributed by atoms with Crippen molar-refractivity contribution in [2.75, 3.05) is 26.2 Å². The Balaban J connectivity index is 1.51. The van der Waals surface area contributed by atoms with Crippen LogP contribution in [-0.2, 0) is 12.8 Å². The van der Waals surface area contributed by atoms with Gasteiger partial charge in [-0.15, -0.1) is 0 Å². The van der Waals surface area contributed by atoms with E-state index in [2.05, 4.69) is 34.5 Å². The molecule has 98 valence electrons. The first-order valence-corrected chi connectivity index (χ1v) is 7.44. The summed E-state index contributed by atoms with van der Waals surface area (Å²) in [5.74, 6) is 0. The third-order valence-corrected chi connectivity index (χ3v) is 4.47. The molecule has 0 saturated carbocycles. The van der Waals surface area contributed by atoms with Gasteiger partial charge in [0.2, 0.25) is 0 Å². The number of fused-ring (bicyclic) bond motifs is 1. The topological polar surface area (TPSA) is 15.3 Å². The Labute approximate surface area is 110 Å². The Morgan fingerprint density at radius 1 is 1.11 bits per heavy atom. The highest BCUT2D eigenvalue weighted by atomic mass is 15.1. The highest BCUT2D eigenvalue weighted by Gasteiger charge is 2.17. The van der Waals surface area contributed by atoms with E-state index in [1.165, 1.54) is 58.3 Å². The molecule has 1 N–H and O–H groups in total. The van der Waals surface area contributed by atoms with Gasteiger partial charge in [0.1, 0.15) is 0 Å². The van der Waals surface area contributed by atoms with E-state index in [1.54, 1.807) is 11.1 Å². The lowest BCUT2D eigenvalue weighted by molar-refractivity contribution is 0.271. The van der Waals surface area contributed by atoms with E-state index in [0.29, 0.717) is 0 Å². The number of nitrogens with one attached hydrogen (secondary N) is 1. The van der Waals surface area contributed by atoms with Gasteiger partial charge in [-0.1, -0.05) is 24.3 Å². The summed E-state index contributed by atoms with van der Waals surface area (Å²) in [5, 5.41) is 3.60. The molecule has 1 atom stereocenters. The third kappa shape index (κ3) is 2.93. The van der Waals surface area contributed by atoms with Crippen LogP contribution in [0.15, 0.2) is 24.3 Å². The molecule has 2 heteroatoms. The van der Waals surface area contributed by atoms with Crippen LogP contribution < -0.4 is 5.32 Å². The molecule has 1 saturated heterocycles. The molecule has 2 nitrogen and oxygen atoms in total. The van der Waals surface area contributed by atoms with E-state index >= 15 is 0 Å². The van der Waals surface area contributed by atoms with Crippen molar-refractivity contribution in [3.63, 3.8) is 0 Å². The van der Waals surface area contributed by atoms with Gasteiger partial charge in [-0.25, -0.2) is 0 Å². The third-order valence-electron chi connectivity index (χ3n) is 4.47. The first kappa shape index (κ1) is 12.2. The van der Waals surface area contributed by atoms with Crippen molar-refractivity contribution in [1.82, 2.24) is 10.2 Å². The Bertz CT molecular complexity index is 355. The molecule has 3 rings (SSSR count). The highest BCUT2D eigenvalue weighted by molar-refractivity contribution is 5.28. The fraction of sp³-hybridized carbons (Fsp3) is 0.625. The number of hydrogen-bond acceptors (Lipinski definition) is 2. The maximum atomic E-state index is 3.60. The van der Waals surface area contributed by atoms with Gasteiger partial charge in [0.25, 0.3) is 0 Å². The molecule has 1 aromatic carbocycles. The van der Waals surface area contributed by atoms with Crippen LogP contribution in [-0.4, -0.2) is 37.1 Å². The summed E-state index contributed by atoms with van der Waals surface area (Å²) in [4.78, 5) is 2.65. The van der Waals surface area contributed by atoms with E-state index < -0.39 is 0 Å².